The molecule has 0 heterocycles. The van der Waals surface area contributed by atoms with Crippen molar-refractivity contribution in [3.63, 3.8) is 0 Å². The molecule has 1 aromatic rings. The largest absolute Gasteiger partial charge is 0.493 e. The summed E-state index contributed by atoms with van der Waals surface area (Å²) in [7, 11) is 1.70. The average Bonchev–Trinajstić information content (AvgIpc) is 2.49. The number of rotatable bonds is 6. The van der Waals surface area contributed by atoms with E-state index in [1.807, 2.05) is 6.07 Å². The first-order chi connectivity index (χ1) is 9.74. The van der Waals surface area contributed by atoms with E-state index in [0.717, 1.165) is 30.9 Å². The van der Waals surface area contributed by atoms with Crippen molar-refractivity contribution in [3.05, 3.63) is 35.9 Å². The summed E-state index contributed by atoms with van der Waals surface area (Å²) in [6.45, 7) is 5.22. The van der Waals surface area contributed by atoms with Crippen LogP contribution in [0.15, 0.2) is 30.4 Å². The van der Waals surface area contributed by atoms with Gasteiger partial charge in [0.05, 0.1) is 7.11 Å². The molecular formula is C17H25NO2. The molecule has 0 saturated carbocycles. The van der Waals surface area contributed by atoms with Crippen molar-refractivity contribution in [3.8, 4) is 11.5 Å². The number of ether oxygens (including phenoxy) is 2. The van der Waals surface area contributed by atoms with E-state index in [4.69, 9.17) is 9.47 Å². The lowest BCUT2D eigenvalue weighted by atomic mass is 10.0. The van der Waals surface area contributed by atoms with Gasteiger partial charge in [-0.1, -0.05) is 19.1 Å². The average molecular weight is 275 g/mol. The van der Waals surface area contributed by atoms with Gasteiger partial charge in [0.25, 0.3) is 0 Å². The molecule has 2 unspecified atom stereocenters. The molecule has 1 aromatic carbocycles. The second-order valence-electron chi connectivity index (χ2n) is 5.21. The second-order valence-corrected chi connectivity index (χ2v) is 5.21. The minimum absolute atomic E-state index is 0.176. The summed E-state index contributed by atoms with van der Waals surface area (Å²) in [6, 6.07) is 6.51. The van der Waals surface area contributed by atoms with Crippen molar-refractivity contribution >= 4 is 0 Å². The van der Waals surface area contributed by atoms with Crippen LogP contribution in [0.4, 0.5) is 0 Å². The molecule has 1 N–H and O–H groups in total. The highest BCUT2D eigenvalue weighted by Gasteiger charge is 2.14. The molecule has 0 spiro atoms. The highest BCUT2D eigenvalue weighted by atomic mass is 16.5. The number of benzene rings is 1. The highest BCUT2D eigenvalue weighted by molar-refractivity contribution is 5.44. The molecule has 1 aliphatic carbocycles. The molecule has 0 radical (unpaired) electrons. The van der Waals surface area contributed by atoms with Gasteiger partial charge in [-0.3, -0.25) is 0 Å². The molecule has 3 nitrogen and oxygen atoms in total. The van der Waals surface area contributed by atoms with Gasteiger partial charge in [0.1, 0.15) is 6.10 Å². The third-order valence-electron chi connectivity index (χ3n) is 3.69. The van der Waals surface area contributed by atoms with Crippen molar-refractivity contribution in [2.75, 3.05) is 13.7 Å². The van der Waals surface area contributed by atoms with Crippen molar-refractivity contribution in [1.29, 1.82) is 0 Å². The maximum atomic E-state index is 6.04. The maximum absolute atomic E-state index is 6.04. The monoisotopic (exact) mass is 275 g/mol. The standard InChI is InChI=1S/C17H25NO2/c1-4-18-13(2)14-10-11-16(17(12-14)19-3)20-15-8-6-5-7-9-15/h6,8,10-13,15,18H,4-5,7,9H2,1-3H3. The number of hydrogen-bond donors (Lipinski definition) is 1. The minimum atomic E-state index is 0.176. The summed E-state index contributed by atoms with van der Waals surface area (Å²) >= 11 is 0. The quantitative estimate of drug-likeness (QED) is 0.800. The minimum Gasteiger partial charge on any atom is -0.493 e. The Hall–Kier alpha value is -1.48. The van der Waals surface area contributed by atoms with Crippen molar-refractivity contribution < 1.29 is 9.47 Å². The first-order valence-corrected chi connectivity index (χ1v) is 7.49. The van der Waals surface area contributed by atoms with Crippen molar-refractivity contribution in [2.45, 2.75) is 45.3 Å². The van der Waals surface area contributed by atoms with Crippen LogP contribution in [0, 0.1) is 0 Å². The van der Waals surface area contributed by atoms with Crippen LogP contribution in [0.1, 0.15) is 44.7 Å². The maximum Gasteiger partial charge on any atom is 0.162 e. The normalized spacial score (nSPS) is 19.6. The summed E-state index contributed by atoms with van der Waals surface area (Å²) in [5, 5.41) is 3.41. The summed E-state index contributed by atoms with van der Waals surface area (Å²) in [4.78, 5) is 0. The predicted molar refractivity (Wildman–Crippen MR) is 82.5 cm³/mol. The highest BCUT2D eigenvalue weighted by Crippen LogP contribution is 2.32. The lowest BCUT2D eigenvalue weighted by Gasteiger charge is -2.21. The molecule has 0 fully saturated rings. The zero-order valence-electron chi connectivity index (χ0n) is 12.7. The van der Waals surface area contributed by atoms with E-state index >= 15 is 0 Å². The third-order valence-corrected chi connectivity index (χ3v) is 3.69. The number of allylic oxidation sites excluding steroid dienone is 1. The first kappa shape index (κ1) is 14.9. The molecule has 2 atom stereocenters. The Kier molecular flexibility index (Phi) is 5.48. The van der Waals surface area contributed by atoms with Crippen molar-refractivity contribution in [2.24, 2.45) is 0 Å². The summed E-state index contributed by atoms with van der Waals surface area (Å²) in [5.41, 5.74) is 1.22. The Morgan fingerprint density at radius 3 is 2.85 bits per heavy atom. The molecule has 0 aliphatic heterocycles. The van der Waals surface area contributed by atoms with Crippen LogP contribution in [-0.4, -0.2) is 19.8 Å². The van der Waals surface area contributed by atoms with Crippen molar-refractivity contribution in [1.82, 2.24) is 5.32 Å². The van der Waals surface area contributed by atoms with Gasteiger partial charge in [0, 0.05) is 6.04 Å². The van der Waals surface area contributed by atoms with Crippen LogP contribution >= 0.6 is 0 Å². The van der Waals surface area contributed by atoms with Crippen LogP contribution in [-0.2, 0) is 0 Å². The van der Waals surface area contributed by atoms with E-state index < -0.39 is 0 Å². The Balaban J connectivity index is 2.12. The van der Waals surface area contributed by atoms with Gasteiger partial charge in [0.2, 0.25) is 0 Å². The SMILES string of the molecule is CCNC(C)c1ccc(OC2C=CCCC2)c(OC)c1. The fourth-order valence-corrected chi connectivity index (χ4v) is 2.52. The summed E-state index contributed by atoms with van der Waals surface area (Å²) in [5.74, 6) is 1.64. The van der Waals surface area contributed by atoms with Crippen LogP contribution in [0.2, 0.25) is 0 Å². The zero-order chi connectivity index (χ0) is 14.4. The predicted octanol–water partition coefficient (Wildman–Crippen LogP) is 3.85. The van der Waals surface area contributed by atoms with Crippen LogP contribution in [0.3, 0.4) is 0 Å². The van der Waals surface area contributed by atoms with Crippen LogP contribution in [0.5, 0.6) is 11.5 Å². The molecule has 0 amide bonds. The molecule has 110 valence electrons. The molecular weight excluding hydrogens is 250 g/mol. The number of methoxy groups -OCH3 is 1. The smallest absolute Gasteiger partial charge is 0.162 e. The summed E-state index contributed by atoms with van der Waals surface area (Å²) in [6.07, 6.45) is 7.96. The Labute approximate surface area is 122 Å². The first-order valence-electron chi connectivity index (χ1n) is 7.49. The summed E-state index contributed by atoms with van der Waals surface area (Å²) < 4.78 is 11.5. The van der Waals surface area contributed by atoms with E-state index in [-0.39, 0.29) is 6.10 Å². The fraction of sp³-hybridized carbons (Fsp3) is 0.529. The molecule has 2 rings (SSSR count). The topological polar surface area (TPSA) is 30.5 Å². The lowest BCUT2D eigenvalue weighted by Crippen LogP contribution is -2.18. The van der Waals surface area contributed by atoms with E-state index in [0.29, 0.717) is 6.04 Å². The van der Waals surface area contributed by atoms with Gasteiger partial charge in [-0.15, -0.1) is 0 Å². The number of hydrogen-bond acceptors (Lipinski definition) is 3. The van der Waals surface area contributed by atoms with Gasteiger partial charge < -0.3 is 14.8 Å². The van der Waals surface area contributed by atoms with Gasteiger partial charge in [-0.05, 0) is 56.5 Å². The molecule has 0 bridgehead atoms. The molecule has 20 heavy (non-hydrogen) atoms. The fourth-order valence-electron chi connectivity index (χ4n) is 2.52. The van der Waals surface area contributed by atoms with Crippen LogP contribution in [0.25, 0.3) is 0 Å². The molecule has 1 aliphatic rings. The lowest BCUT2D eigenvalue weighted by molar-refractivity contribution is 0.219. The number of nitrogens with one attached hydrogen (secondary N) is 1. The Bertz CT molecular complexity index is 456. The second kappa shape index (κ2) is 7.34. The Morgan fingerprint density at radius 2 is 2.20 bits per heavy atom. The van der Waals surface area contributed by atoms with E-state index in [2.05, 4.69) is 43.4 Å². The van der Waals surface area contributed by atoms with Gasteiger partial charge >= 0.3 is 0 Å². The molecule has 0 saturated heterocycles. The zero-order valence-corrected chi connectivity index (χ0v) is 12.7. The van der Waals surface area contributed by atoms with E-state index in [1.165, 1.54) is 12.0 Å². The third kappa shape index (κ3) is 3.76. The molecule has 0 aromatic heterocycles. The van der Waals surface area contributed by atoms with Crippen LogP contribution < -0.4 is 14.8 Å². The van der Waals surface area contributed by atoms with E-state index in [1.54, 1.807) is 7.11 Å². The molecule has 3 heteroatoms. The Morgan fingerprint density at radius 1 is 1.35 bits per heavy atom. The van der Waals surface area contributed by atoms with Gasteiger partial charge in [-0.25, -0.2) is 0 Å². The van der Waals surface area contributed by atoms with E-state index in [9.17, 15) is 0 Å². The van der Waals surface area contributed by atoms with Gasteiger partial charge in [-0.2, -0.15) is 0 Å². The van der Waals surface area contributed by atoms with Gasteiger partial charge in [0.15, 0.2) is 11.5 Å².